The van der Waals surface area contributed by atoms with Crippen molar-refractivity contribution in [2.45, 2.75) is 4.90 Å². The Morgan fingerprint density at radius 1 is 1.08 bits per heavy atom. The average molecular weight is 395 g/mol. The number of hydrogen-bond acceptors (Lipinski definition) is 3. The van der Waals surface area contributed by atoms with Crippen LogP contribution in [0.1, 0.15) is 0 Å². The maximum Gasteiger partial charge on any atom is 0.242 e. The molecule has 0 aliphatic rings. The standard InChI is InChI=1S/C14H10Cl2F2N2O3S/c15-9-2-1-3-12(14(9)16)24(22,23)19-7-13(21)20-8-4-5-10(17)11(18)6-8/h1-6,19H,7H2,(H,20,21). The van der Waals surface area contributed by atoms with E-state index in [1.54, 1.807) is 0 Å². The molecule has 0 atom stereocenters. The van der Waals surface area contributed by atoms with Crippen molar-refractivity contribution in [3.8, 4) is 0 Å². The molecule has 5 nitrogen and oxygen atoms in total. The molecule has 128 valence electrons. The molecule has 1 amide bonds. The van der Waals surface area contributed by atoms with Crippen molar-refractivity contribution in [2.24, 2.45) is 0 Å². The van der Waals surface area contributed by atoms with Gasteiger partial charge in [-0.2, -0.15) is 0 Å². The Balaban J connectivity index is 2.05. The molecule has 24 heavy (non-hydrogen) atoms. The van der Waals surface area contributed by atoms with Crippen LogP contribution in [-0.2, 0) is 14.8 Å². The van der Waals surface area contributed by atoms with Gasteiger partial charge in [0.05, 0.1) is 16.6 Å². The summed E-state index contributed by atoms with van der Waals surface area (Å²) in [7, 11) is -4.08. The molecule has 2 rings (SSSR count). The van der Waals surface area contributed by atoms with Gasteiger partial charge < -0.3 is 5.32 Å². The third-order valence-electron chi connectivity index (χ3n) is 2.83. The molecule has 0 aliphatic heterocycles. The number of amides is 1. The summed E-state index contributed by atoms with van der Waals surface area (Å²) in [5.74, 6) is -2.98. The highest BCUT2D eigenvalue weighted by Gasteiger charge is 2.20. The second-order valence-corrected chi connectivity index (χ2v) is 7.07. The Kier molecular flexibility index (Phi) is 5.76. The van der Waals surface area contributed by atoms with Crippen molar-refractivity contribution in [3.63, 3.8) is 0 Å². The Labute approximate surface area is 146 Å². The maximum atomic E-state index is 13.0. The van der Waals surface area contributed by atoms with E-state index in [1.165, 1.54) is 18.2 Å². The highest BCUT2D eigenvalue weighted by atomic mass is 35.5. The molecule has 0 unspecified atom stereocenters. The van der Waals surface area contributed by atoms with Crippen molar-refractivity contribution in [1.29, 1.82) is 0 Å². The van der Waals surface area contributed by atoms with Crippen LogP contribution in [0.25, 0.3) is 0 Å². The number of sulfonamides is 1. The van der Waals surface area contributed by atoms with Crippen LogP contribution in [-0.4, -0.2) is 20.9 Å². The maximum absolute atomic E-state index is 13.0. The first kappa shape index (κ1) is 18.6. The predicted octanol–water partition coefficient (Wildman–Crippen LogP) is 3.19. The molecule has 0 fully saturated rings. The van der Waals surface area contributed by atoms with Crippen LogP contribution in [0.4, 0.5) is 14.5 Å². The lowest BCUT2D eigenvalue weighted by atomic mass is 10.3. The fourth-order valence-electron chi connectivity index (χ4n) is 1.71. The first-order valence-electron chi connectivity index (χ1n) is 6.39. The summed E-state index contributed by atoms with van der Waals surface area (Å²) in [5, 5.41) is 2.10. The highest BCUT2D eigenvalue weighted by molar-refractivity contribution is 7.89. The molecular formula is C14H10Cl2F2N2O3S. The molecule has 2 N–H and O–H groups in total. The molecule has 0 bridgehead atoms. The average Bonchev–Trinajstić information content (AvgIpc) is 2.51. The molecule has 2 aromatic rings. The Bertz CT molecular complexity index is 892. The second kappa shape index (κ2) is 7.43. The third kappa shape index (κ3) is 4.41. The zero-order valence-corrected chi connectivity index (χ0v) is 14.1. The van der Waals surface area contributed by atoms with Gasteiger partial charge in [-0.15, -0.1) is 0 Å². The van der Waals surface area contributed by atoms with E-state index < -0.39 is 34.1 Å². The number of hydrogen-bond donors (Lipinski definition) is 2. The van der Waals surface area contributed by atoms with Gasteiger partial charge in [0.15, 0.2) is 11.6 Å². The number of rotatable bonds is 5. The van der Waals surface area contributed by atoms with Crippen molar-refractivity contribution in [3.05, 3.63) is 58.1 Å². The van der Waals surface area contributed by atoms with Gasteiger partial charge in [-0.1, -0.05) is 29.3 Å². The quantitative estimate of drug-likeness (QED) is 0.817. The molecule has 0 radical (unpaired) electrons. The summed E-state index contributed by atoms with van der Waals surface area (Å²) in [6.45, 7) is -0.635. The van der Waals surface area contributed by atoms with Gasteiger partial charge in [0, 0.05) is 11.8 Å². The van der Waals surface area contributed by atoms with Crippen LogP contribution in [0.5, 0.6) is 0 Å². The van der Waals surface area contributed by atoms with Gasteiger partial charge in [-0.3, -0.25) is 4.79 Å². The van der Waals surface area contributed by atoms with Gasteiger partial charge in [-0.25, -0.2) is 21.9 Å². The van der Waals surface area contributed by atoms with Crippen LogP contribution >= 0.6 is 23.2 Å². The van der Waals surface area contributed by atoms with Crippen LogP contribution in [0.3, 0.4) is 0 Å². The lowest BCUT2D eigenvalue weighted by Crippen LogP contribution is -2.33. The topological polar surface area (TPSA) is 75.3 Å². The van der Waals surface area contributed by atoms with Crippen LogP contribution in [0.15, 0.2) is 41.3 Å². The Morgan fingerprint density at radius 2 is 1.79 bits per heavy atom. The van der Waals surface area contributed by atoms with E-state index in [0.717, 1.165) is 18.2 Å². The normalized spacial score (nSPS) is 11.3. The second-order valence-electron chi connectivity index (χ2n) is 4.55. The monoisotopic (exact) mass is 394 g/mol. The number of nitrogens with one attached hydrogen (secondary N) is 2. The molecule has 0 saturated heterocycles. The number of carbonyl (C=O) groups is 1. The Hall–Kier alpha value is -1.74. The van der Waals surface area contributed by atoms with Crippen LogP contribution in [0.2, 0.25) is 10.0 Å². The number of anilines is 1. The summed E-state index contributed by atoms with van der Waals surface area (Å²) >= 11 is 11.6. The zero-order valence-electron chi connectivity index (χ0n) is 11.8. The largest absolute Gasteiger partial charge is 0.325 e. The van der Waals surface area contributed by atoms with E-state index in [2.05, 4.69) is 5.32 Å². The van der Waals surface area contributed by atoms with E-state index in [1.807, 2.05) is 4.72 Å². The van der Waals surface area contributed by atoms with E-state index in [0.29, 0.717) is 0 Å². The summed E-state index contributed by atoms with van der Waals surface area (Å²) in [4.78, 5) is 11.4. The number of halogens is 4. The fraction of sp³-hybridized carbons (Fsp3) is 0.0714. The Morgan fingerprint density at radius 3 is 2.46 bits per heavy atom. The minimum absolute atomic E-state index is 0.0149. The number of benzene rings is 2. The summed E-state index contributed by atoms with van der Waals surface area (Å²) < 4.78 is 52.1. The molecule has 0 spiro atoms. The molecule has 0 aromatic heterocycles. The van der Waals surface area contributed by atoms with Crippen LogP contribution in [0, 0.1) is 11.6 Å². The third-order valence-corrected chi connectivity index (χ3v) is 5.21. The zero-order chi connectivity index (χ0) is 17.9. The molecule has 0 aliphatic carbocycles. The molecular weight excluding hydrogens is 385 g/mol. The molecule has 2 aromatic carbocycles. The summed E-state index contributed by atoms with van der Waals surface area (Å²) in [6, 6.07) is 6.78. The van der Waals surface area contributed by atoms with E-state index in [-0.39, 0.29) is 20.6 Å². The van der Waals surface area contributed by atoms with Gasteiger partial charge in [0.25, 0.3) is 0 Å². The van der Waals surface area contributed by atoms with Gasteiger partial charge in [0.1, 0.15) is 4.90 Å². The fourth-order valence-corrected chi connectivity index (χ4v) is 3.45. The van der Waals surface area contributed by atoms with E-state index in [4.69, 9.17) is 23.2 Å². The SMILES string of the molecule is O=C(CNS(=O)(=O)c1cccc(Cl)c1Cl)Nc1ccc(F)c(F)c1. The minimum Gasteiger partial charge on any atom is -0.325 e. The van der Waals surface area contributed by atoms with Crippen molar-refractivity contribution < 1.29 is 22.0 Å². The van der Waals surface area contributed by atoms with Crippen LogP contribution < -0.4 is 10.0 Å². The van der Waals surface area contributed by atoms with E-state index in [9.17, 15) is 22.0 Å². The lowest BCUT2D eigenvalue weighted by Gasteiger charge is -2.10. The molecule has 0 saturated carbocycles. The minimum atomic E-state index is -4.08. The first-order valence-corrected chi connectivity index (χ1v) is 8.63. The lowest BCUT2D eigenvalue weighted by molar-refractivity contribution is -0.115. The summed E-state index contributed by atoms with van der Waals surface area (Å²) in [6.07, 6.45) is 0. The van der Waals surface area contributed by atoms with Gasteiger partial charge in [-0.05, 0) is 24.3 Å². The van der Waals surface area contributed by atoms with Gasteiger partial charge in [0.2, 0.25) is 15.9 Å². The smallest absolute Gasteiger partial charge is 0.242 e. The van der Waals surface area contributed by atoms with Crippen molar-refractivity contribution in [2.75, 3.05) is 11.9 Å². The molecule has 10 heteroatoms. The van der Waals surface area contributed by atoms with Crippen molar-refractivity contribution >= 4 is 44.8 Å². The molecule has 0 heterocycles. The van der Waals surface area contributed by atoms with E-state index >= 15 is 0 Å². The predicted molar refractivity (Wildman–Crippen MR) is 86.6 cm³/mol. The van der Waals surface area contributed by atoms with Gasteiger partial charge >= 0.3 is 0 Å². The number of carbonyl (C=O) groups excluding carboxylic acids is 1. The first-order chi connectivity index (χ1) is 11.2. The van der Waals surface area contributed by atoms with Crippen molar-refractivity contribution in [1.82, 2.24) is 4.72 Å². The summed E-state index contributed by atoms with van der Waals surface area (Å²) in [5.41, 5.74) is -0.0149. The highest BCUT2D eigenvalue weighted by Crippen LogP contribution is 2.28.